The van der Waals surface area contributed by atoms with E-state index in [-0.39, 0.29) is 16.1 Å². The first kappa shape index (κ1) is 11.5. The molecule has 0 amide bonds. The van der Waals surface area contributed by atoms with Crippen molar-refractivity contribution in [1.29, 1.82) is 0 Å². The van der Waals surface area contributed by atoms with Crippen molar-refractivity contribution in [3.8, 4) is 5.75 Å². The van der Waals surface area contributed by atoms with Gasteiger partial charge < -0.3 is 4.74 Å². The van der Waals surface area contributed by atoms with Crippen LogP contribution in [0.1, 0.15) is 18.4 Å². The third-order valence-electron chi connectivity index (χ3n) is 3.46. The Hall–Kier alpha value is -1.56. The summed E-state index contributed by atoms with van der Waals surface area (Å²) in [4.78, 5) is 15.1. The lowest BCUT2D eigenvalue weighted by Crippen LogP contribution is -2.33. The van der Waals surface area contributed by atoms with Crippen LogP contribution in [-0.4, -0.2) is 22.8 Å². The van der Waals surface area contributed by atoms with Gasteiger partial charge in [0.25, 0.3) is 5.69 Å². The molecule has 0 aliphatic carbocycles. The van der Waals surface area contributed by atoms with Gasteiger partial charge in [-0.2, -0.15) is 0 Å². The molecule has 0 saturated heterocycles. The molecule has 2 heterocycles. The number of nitrogens with zero attached hydrogens (tertiary/aromatic N) is 2. The number of nitro benzene ring substituents is 1. The van der Waals surface area contributed by atoms with Crippen LogP contribution in [-0.2, 0) is 5.54 Å². The standard InChI is InChI=1S/C12H12N2O3S/c15-14(16)9-1-2-11-10(7-9)12(3-5-17-11)4-6-18-8-13-12/h1-2,7-8H,3-6H2. The predicted octanol–water partition coefficient (Wildman–Crippen LogP) is 2.74. The highest BCUT2D eigenvalue weighted by Gasteiger charge is 2.39. The fourth-order valence-corrected chi connectivity index (χ4v) is 3.30. The van der Waals surface area contributed by atoms with E-state index >= 15 is 0 Å². The first-order valence-electron chi connectivity index (χ1n) is 5.78. The number of nitro groups is 1. The lowest BCUT2D eigenvalue weighted by molar-refractivity contribution is -0.385. The van der Waals surface area contributed by atoms with Gasteiger partial charge in [0.15, 0.2) is 0 Å². The van der Waals surface area contributed by atoms with Gasteiger partial charge >= 0.3 is 0 Å². The smallest absolute Gasteiger partial charge is 0.270 e. The summed E-state index contributed by atoms with van der Waals surface area (Å²) < 4.78 is 5.58. The number of ether oxygens (including phenoxy) is 1. The molecule has 5 nitrogen and oxygen atoms in total. The summed E-state index contributed by atoms with van der Waals surface area (Å²) in [6, 6.07) is 4.78. The molecule has 94 valence electrons. The molecule has 1 aromatic carbocycles. The topological polar surface area (TPSA) is 64.7 Å². The van der Waals surface area contributed by atoms with E-state index in [1.165, 1.54) is 6.07 Å². The number of benzene rings is 1. The lowest BCUT2D eigenvalue weighted by Gasteiger charge is -2.37. The number of hydrogen-bond acceptors (Lipinski definition) is 5. The molecular weight excluding hydrogens is 252 g/mol. The summed E-state index contributed by atoms with van der Waals surface area (Å²) in [6.45, 7) is 0.618. The van der Waals surface area contributed by atoms with E-state index in [0.717, 1.165) is 29.9 Å². The first-order valence-corrected chi connectivity index (χ1v) is 6.83. The van der Waals surface area contributed by atoms with Crippen LogP contribution in [0, 0.1) is 10.1 Å². The summed E-state index contributed by atoms with van der Waals surface area (Å²) in [5.41, 5.74) is 2.51. The number of fused-ring (bicyclic) bond motifs is 2. The van der Waals surface area contributed by atoms with E-state index < -0.39 is 0 Å². The molecule has 0 bridgehead atoms. The highest BCUT2D eigenvalue weighted by molar-refractivity contribution is 8.12. The van der Waals surface area contributed by atoms with Gasteiger partial charge in [-0.25, -0.2) is 0 Å². The van der Waals surface area contributed by atoms with Crippen molar-refractivity contribution in [2.45, 2.75) is 18.4 Å². The molecule has 1 unspecified atom stereocenters. The molecule has 2 aliphatic rings. The molecule has 0 N–H and O–H groups in total. The van der Waals surface area contributed by atoms with E-state index in [2.05, 4.69) is 4.99 Å². The fraction of sp³-hybridized carbons (Fsp3) is 0.417. The van der Waals surface area contributed by atoms with Crippen molar-refractivity contribution in [1.82, 2.24) is 0 Å². The maximum Gasteiger partial charge on any atom is 0.270 e. The Kier molecular flexibility index (Phi) is 2.74. The Morgan fingerprint density at radius 2 is 2.33 bits per heavy atom. The van der Waals surface area contributed by atoms with Crippen LogP contribution < -0.4 is 4.74 Å². The molecule has 2 aliphatic heterocycles. The Bertz CT molecular complexity index is 532. The van der Waals surface area contributed by atoms with Crippen LogP contribution in [0.3, 0.4) is 0 Å². The summed E-state index contributed by atoms with van der Waals surface area (Å²) in [7, 11) is 0. The Morgan fingerprint density at radius 3 is 3.06 bits per heavy atom. The number of rotatable bonds is 1. The van der Waals surface area contributed by atoms with Crippen LogP contribution in [0.4, 0.5) is 5.69 Å². The zero-order valence-corrected chi connectivity index (χ0v) is 10.5. The predicted molar refractivity (Wildman–Crippen MR) is 70.5 cm³/mol. The minimum absolute atomic E-state index is 0.104. The van der Waals surface area contributed by atoms with Gasteiger partial charge in [-0.1, -0.05) is 0 Å². The van der Waals surface area contributed by atoms with Crippen LogP contribution in [0.15, 0.2) is 23.2 Å². The molecule has 0 fully saturated rings. The maximum atomic E-state index is 10.9. The Labute approximate surface area is 108 Å². The maximum absolute atomic E-state index is 10.9. The minimum Gasteiger partial charge on any atom is -0.493 e. The quantitative estimate of drug-likeness (QED) is 0.578. The van der Waals surface area contributed by atoms with E-state index in [9.17, 15) is 10.1 Å². The van der Waals surface area contributed by atoms with E-state index in [4.69, 9.17) is 4.74 Å². The number of thioether (sulfide) groups is 1. The van der Waals surface area contributed by atoms with Crippen molar-refractivity contribution in [2.24, 2.45) is 4.99 Å². The van der Waals surface area contributed by atoms with E-state index in [1.807, 2.05) is 5.55 Å². The van der Waals surface area contributed by atoms with Gasteiger partial charge in [0.1, 0.15) is 5.75 Å². The third-order valence-corrected chi connectivity index (χ3v) is 4.15. The van der Waals surface area contributed by atoms with Gasteiger partial charge in [0.05, 0.1) is 22.6 Å². The minimum atomic E-state index is -0.371. The summed E-state index contributed by atoms with van der Waals surface area (Å²) in [5, 5.41) is 10.9. The van der Waals surface area contributed by atoms with Gasteiger partial charge in [0.2, 0.25) is 0 Å². The molecule has 0 aromatic heterocycles. The van der Waals surface area contributed by atoms with Crippen LogP contribution in [0.2, 0.25) is 0 Å². The van der Waals surface area contributed by atoms with Crippen LogP contribution >= 0.6 is 11.8 Å². The number of aliphatic imine (C=N–C) groups is 1. The van der Waals surface area contributed by atoms with Crippen molar-refractivity contribution < 1.29 is 9.66 Å². The molecular formula is C12H12N2O3S. The van der Waals surface area contributed by atoms with Gasteiger partial charge in [-0.3, -0.25) is 15.1 Å². The van der Waals surface area contributed by atoms with Gasteiger partial charge in [-0.05, 0) is 12.5 Å². The monoisotopic (exact) mass is 264 g/mol. The normalized spacial score (nSPS) is 25.6. The van der Waals surface area contributed by atoms with Crippen molar-refractivity contribution in [2.75, 3.05) is 12.4 Å². The highest BCUT2D eigenvalue weighted by atomic mass is 32.2. The Morgan fingerprint density at radius 1 is 1.44 bits per heavy atom. The second-order valence-corrected chi connectivity index (χ2v) is 5.38. The van der Waals surface area contributed by atoms with E-state index in [0.29, 0.717) is 6.61 Å². The highest BCUT2D eigenvalue weighted by Crippen LogP contribution is 2.45. The number of non-ortho nitro benzene ring substituents is 1. The van der Waals surface area contributed by atoms with Crippen molar-refractivity contribution >= 4 is 23.0 Å². The van der Waals surface area contributed by atoms with Crippen LogP contribution in [0.5, 0.6) is 5.75 Å². The third kappa shape index (κ3) is 1.77. The molecule has 1 atom stereocenters. The first-order chi connectivity index (χ1) is 8.71. The molecule has 6 heteroatoms. The molecule has 0 saturated carbocycles. The summed E-state index contributed by atoms with van der Waals surface area (Å²) >= 11 is 1.68. The molecule has 18 heavy (non-hydrogen) atoms. The number of hydrogen-bond donors (Lipinski definition) is 0. The second-order valence-electron chi connectivity index (χ2n) is 4.42. The summed E-state index contributed by atoms with van der Waals surface area (Å²) in [5.74, 6) is 1.72. The largest absolute Gasteiger partial charge is 0.493 e. The fourth-order valence-electron chi connectivity index (χ4n) is 2.46. The Balaban J connectivity index is 2.13. The average molecular weight is 264 g/mol. The second kappa shape index (κ2) is 4.28. The van der Waals surface area contributed by atoms with Gasteiger partial charge in [-0.15, -0.1) is 11.8 Å². The molecule has 0 radical (unpaired) electrons. The lowest BCUT2D eigenvalue weighted by atomic mass is 9.82. The zero-order chi connectivity index (χ0) is 12.6. The molecule has 1 spiro atoms. The van der Waals surface area contributed by atoms with Crippen molar-refractivity contribution in [3.05, 3.63) is 33.9 Å². The zero-order valence-electron chi connectivity index (χ0n) is 9.67. The molecule has 1 aromatic rings. The summed E-state index contributed by atoms with van der Waals surface area (Å²) in [6.07, 6.45) is 1.70. The average Bonchev–Trinajstić information content (AvgIpc) is 2.40. The van der Waals surface area contributed by atoms with Crippen molar-refractivity contribution in [3.63, 3.8) is 0 Å². The molecule has 3 rings (SSSR count). The van der Waals surface area contributed by atoms with Crippen LogP contribution in [0.25, 0.3) is 0 Å². The van der Waals surface area contributed by atoms with Gasteiger partial charge in [0, 0.05) is 29.9 Å². The SMILES string of the molecule is O=[N+]([O-])c1ccc2c(c1)C1(CCO2)CCSC=N1. The van der Waals surface area contributed by atoms with E-state index in [1.54, 1.807) is 23.9 Å².